The predicted octanol–water partition coefficient (Wildman–Crippen LogP) is 18.7. The molecular weight excluding hydrogens is 793 g/mol. The van der Waals surface area contributed by atoms with Crippen molar-refractivity contribution in [2.24, 2.45) is 17.8 Å². The van der Waals surface area contributed by atoms with Crippen LogP contribution in [0, 0.1) is 17.8 Å². The summed E-state index contributed by atoms with van der Waals surface area (Å²) in [6.45, 7) is 13.7. The average Bonchev–Trinajstić information content (AvgIpc) is 3.25. The van der Waals surface area contributed by atoms with Gasteiger partial charge in [-0.2, -0.15) is 0 Å². The largest absolute Gasteiger partial charge is 0.462 e. The first-order valence-corrected chi connectivity index (χ1v) is 28.6. The predicted molar refractivity (Wildman–Crippen MR) is 275 cm³/mol. The fourth-order valence-electron chi connectivity index (χ4n) is 8.82. The number of esters is 3. The normalized spacial score (nSPS) is 12.1. The second-order valence-corrected chi connectivity index (χ2v) is 21.4. The summed E-state index contributed by atoms with van der Waals surface area (Å²) in [6.07, 6.45) is 51.0. The van der Waals surface area contributed by atoms with Crippen molar-refractivity contribution in [1.29, 1.82) is 0 Å². The number of carbonyl (C=O) groups excluding carboxylic acids is 3. The van der Waals surface area contributed by atoms with Crippen LogP contribution >= 0.6 is 0 Å². The van der Waals surface area contributed by atoms with Gasteiger partial charge in [-0.15, -0.1) is 0 Å². The molecule has 0 unspecified atom stereocenters. The SMILES string of the molecule is CC(C)CCCCCCCCCCCCCCCCCC(=O)OC[C@H](COC(=O)CCCCCCCCCCCCCCCCC(C)C)OC(=O)CCCCCCCCCCC(C)C. The Labute approximate surface area is 399 Å². The van der Waals surface area contributed by atoms with Crippen molar-refractivity contribution < 1.29 is 28.6 Å². The minimum Gasteiger partial charge on any atom is -0.462 e. The lowest BCUT2D eigenvalue weighted by Crippen LogP contribution is -2.30. The molecule has 64 heavy (non-hydrogen) atoms. The number of hydrogen-bond donors (Lipinski definition) is 0. The van der Waals surface area contributed by atoms with Crippen LogP contribution in [0.5, 0.6) is 0 Å². The van der Waals surface area contributed by atoms with Crippen LogP contribution in [0.4, 0.5) is 0 Å². The minimum atomic E-state index is -0.763. The molecule has 0 N–H and O–H groups in total. The Morgan fingerprint density at radius 2 is 0.453 bits per heavy atom. The fourth-order valence-corrected chi connectivity index (χ4v) is 8.82. The molecule has 1 atom stereocenters. The van der Waals surface area contributed by atoms with Crippen molar-refractivity contribution >= 4 is 17.9 Å². The van der Waals surface area contributed by atoms with E-state index in [2.05, 4.69) is 41.5 Å². The smallest absolute Gasteiger partial charge is 0.306 e. The molecule has 0 aliphatic rings. The van der Waals surface area contributed by atoms with Crippen LogP contribution in [0.1, 0.15) is 318 Å². The van der Waals surface area contributed by atoms with Gasteiger partial charge in [0.1, 0.15) is 13.2 Å². The molecule has 0 aromatic rings. The third-order valence-electron chi connectivity index (χ3n) is 13.1. The first kappa shape index (κ1) is 62.4. The molecule has 0 spiro atoms. The van der Waals surface area contributed by atoms with Gasteiger partial charge in [-0.25, -0.2) is 0 Å². The second kappa shape index (κ2) is 49.3. The van der Waals surface area contributed by atoms with Gasteiger partial charge < -0.3 is 14.2 Å². The van der Waals surface area contributed by atoms with Gasteiger partial charge in [0.15, 0.2) is 6.10 Å². The quantitative estimate of drug-likeness (QED) is 0.0344. The van der Waals surface area contributed by atoms with Crippen LogP contribution in [0.2, 0.25) is 0 Å². The molecule has 0 rings (SSSR count). The molecule has 0 amide bonds. The van der Waals surface area contributed by atoms with E-state index in [0.717, 1.165) is 75.5 Å². The van der Waals surface area contributed by atoms with Gasteiger partial charge in [0, 0.05) is 19.3 Å². The topological polar surface area (TPSA) is 78.9 Å². The van der Waals surface area contributed by atoms with E-state index in [1.165, 1.54) is 199 Å². The summed E-state index contributed by atoms with van der Waals surface area (Å²) < 4.78 is 16.9. The van der Waals surface area contributed by atoms with E-state index in [0.29, 0.717) is 19.3 Å². The molecule has 0 aliphatic carbocycles. The summed E-state index contributed by atoms with van der Waals surface area (Å²) in [6, 6.07) is 0. The zero-order valence-corrected chi connectivity index (χ0v) is 44.1. The van der Waals surface area contributed by atoms with Gasteiger partial charge in [-0.3, -0.25) is 14.4 Å². The van der Waals surface area contributed by atoms with E-state index < -0.39 is 6.10 Å². The summed E-state index contributed by atoms with van der Waals surface area (Å²) in [4.78, 5) is 38.1. The maximum absolute atomic E-state index is 12.8. The third kappa shape index (κ3) is 51.4. The van der Waals surface area contributed by atoms with Crippen LogP contribution < -0.4 is 0 Å². The minimum absolute atomic E-state index is 0.0641. The maximum atomic E-state index is 12.8. The van der Waals surface area contributed by atoms with Crippen LogP contribution in [0.3, 0.4) is 0 Å². The van der Waals surface area contributed by atoms with Crippen molar-refractivity contribution in [3.8, 4) is 0 Å². The zero-order valence-electron chi connectivity index (χ0n) is 44.1. The van der Waals surface area contributed by atoms with Crippen molar-refractivity contribution in [3.63, 3.8) is 0 Å². The molecule has 0 aromatic heterocycles. The van der Waals surface area contributed by atoms with E-state index in [1.807, 2.05) is 0 Å². The summed E-state index contributed by atoms with van der Waals surface area (Å²) in [5, 5.41) is 0. The maximum Gasteiger partial charge on any atom is 0.306 e. The molecule has 6 nitrogen and oxygen atoms in total. The number of carbonyl (C=O) groups is 3. The third-order valence-corrected chi connectivity index (χ3v) is 13.1. The van der Waals surface area contributed by atoms with Crippen molar-refractivity contribution in [1.82, 2.24) is 0 Å². The Balaban J connectivity index is 4.25. The van der Waals surface area contributed by atoms with Gasteiger partial charge in [0.25, 0.3) is 0 Å². The Bertz CT molecular complexity index is 991. The van der Waals surface area contributed by atoms with Crippen molar-refractivity contribution in [3.05, 3.63) is 0 Å². The molecule has 0 aromatic carbocycles. The standard InChI is InChI=1S/C58H112O6/c1-52(2)44-38-32-26-20-16-12-8-7-9-14-18-22-29-35-41-47-56(59)62-50-55(64-58(61)49-43-37-31-25-24-28-34-40-46-54(5)6)51-63-57(60)48-42-36-30-23-19-15-11-10-13-17-21-27-33-39-45-53(3)4/h52-55H,7-51H2,1-6H3/t55-/m1/s1. The van der Waals surface area contributed by atoms with Crippen LogP contribution in [0.15, 0.2) is 0 Å². The average molecular weight is 906 g/mol. The highest BCUT2D eigenvalue weighted by atomic mass is 16.6. The Morgan fingerprint density at radius 3 is 0.672 bits per heavy atom. The monoisotopic (exact) mass is 905 g/mol. The molecule has 6 heteroatoms. The summed E-state index contributed by atoms with van der Waals surface area (Å²) in [5.41, 5.74) is 0. The highest BCUT2D eigenvalue weighted by Gasteiger charge is 2.19. The first-order valence-electron chi connectivity index (χ1n) is 28.6. The number of rotatable bonds is 51. The number of hydrogen-bond acceptors (Lipinski definition) is 6. The summed E-state index contributed by atoms with van der Waals surface area (Å²) in [7, 11) is 0. The first-order chi connectivity index (χ1) is 31.1. The molecule has 0 fully saturated rings. The van der Waals surface area contributed by atoms with Gasteiger partial charge in [-0.1, -0.05) is 279 Å². The Morgan fingerprint density at radius 1 is 0.266 bits per heavy atom. The zero-order chi connectivity index (χ0) is 47.0. The van der Waals surface area contributed by atoms with E-state index in [1.54, 1.807) is 0 Å². The molecule has 0 radical (unpaired) electrons. The van der Waals surface area contributed by atoms with Gasteiger partial charge in [0.2, 0.25) is 0 Å². The molecule has 0 bridgehead atoms. The van der Waals surface area contributed by atoms with Gasteiger partial charge in [-0.05, 0) is 37.0 Å². The molecule has 0 saturated carbocycles. The van der Waals surface area contributed by atoms with Gasteiger partial charge in [0.05, 0.1) is 0 Å². The molecule has 0 saturated heterocycles. The van der Waals surface area contributed by atoms with Crippen LogP contribution in [-0.2, 0) is 28.6 Å². The fraction of sp³-hybridized carbons (Fsp3) is 0.948. The lowest BCUT2D eigenvalue weighted by Gasteiger charge is -2.18. The lowest BCUT2D eigenvalue weighted by molar-refractivity contribution is -0.167. The van der Waals surface area contributed by atoms with E-state index in [4.69, 9.17) is 14.2 Å². The van der Waals surface area contributed by atoms with E-state index >= 15 is 0 Å². The van der Waals surface area contributed by atoms with E-state index in [-0.39, 0.29) is 31.1 Å². The highest BCUT2D eigenvalue weighted by Crippen LogP contribution is 2.18. The summed E-state index contributed by atoms with van der Waals surface area (Å²) >= 11 is 0. The van der Waals surface area contributed by atoms with Crippen molar-refractivity contribution in [2.75, 3.05) is 13.2 Å². The number of ether oxygens (including phenoxy) is 3. The van der Waals surface area contributed by atoms with E-state index in [9.17, 15) is 14.4 Å². The van der Waals surface area contributed by atoms with Crippen molar-refractivity contribution in [2.45, 2.75) is 324 Å². The van der Waals surface area contributed by atoms with Gasteiger partial charge >= 0.3 is 17.9 Å². The molecular formula is C58H112O6. The summed E-state index contributed by atoms with van der Waals surface area (Å²) in [5.74, 6) is 1.64. The van der Waals surface area contributed by atoms with Crippen LogP contribution in [0.25, 0.3) is 0 Å². The second-order valence-electron chi connectivity index (χ2n) is 21.4. The molecule has 0 heterocycles. The van der Waals surface area contributed by atoms with Crippen LogP contribution in [-0.4, -0.2) is 37.2 Å². The number of unbranched alkanes of at least 4 members (excludes halogenated alkanes) is 34. The lowest BCUT2D eigenvalue weighted by atomic mass is 10.0. The highest BCUT2D eigenvalue weighted by molar-refractivity contribution is 5.71. The molecule has 0 aliphatic heterocycles. The molecule has 380 valence electrons. The Kier molecular flexibility index (Phi) is 48.1. The Hall–Kier alpha value is -1.59.